The van der Waals surface area contributed by atoms with Gasteiger partial charge in [0.05, 0.1) is 6.61 Å². The van der Waals surface area contributed by atoms with Crippen molar-refractivity contribution in [3.05, 3.63) is 33.3 Å². The monoisotopic (exact) mass is 277 g/mol. The van der Waals surface area contributed by atoms with E-state index in [0.29, 0.717) is 19.8 Å². The van der Waals surface area contributed by atoms with Gasteiger partial charge in [-0.25, -0.2) is 0 Å². The van der Waals surface area contributed by atoms with E-state index in [9.17, 15) is 0 Å². The summed E-state index contributed by atoms with van der Waals surface area (Å²) < 4.78 is 6.38. The second-order valence-electron chi connectivity index (χ2n) is 2.93. The van der Waals surface area contributed by atoms with Gasteiger partial charge >= 0.3 is 0 Å². The minimum atomic E-state index is 0.548. The van der Waals surface area contributed by atoms with Gasteiger partial charge in [0.2, 0.25) is 0 Å². The fourth-order valence-electron chi connectivity index (χ4n) is 1.01. The summed E-state index contributed by atoms with van der Waals surface area (Å²) in [4.78, 5) is 0. The topological polar surface area (TPSA) is 35.2 Å². The summed E-state index contributed by atoms with van der Waals surface area (Å²) >= 11 is 9.36. The molecule has 78 valence electrons. The van der Waals surface area contributed by atoms with Crippen LogP contribution in [-0.2, 0) is 11.3 Å². The zero-order valence-corrected chi connectivity index (χ0v) is 10.1. The van der Waals surface area contributed by atoms with Crippen LogP contribution in [0.3, 0.4) is 0 Å². The second kappa shape index (κ2) is 6.40. The molecule has 0 unspecified atom stereocenters. The van der Waals surface area contributed by atoms with Crippen molar-refractivity contribution < 1.29 is 4.74 Å². The lowest BCUT2D eigenvalue weighted by atomic mass is 10.2. The third-order valence-corrected chi connectivity index (χ3v) is 2.61. The Morgan fingerprint density at radius 3 is 2.86 bits per heavy atom. The van der Waals surface area contributed by atoms with Crippen LogP contribution in [0.4, 0.5) is 0 Å². The van der Waals surface area contributed by atoms with Gasteiger partial charge in [0.15, 0.2) is 0 Å². The molecule has 0 amide bonds. The quantitative estimate of drug-likeness (QED) is 0.841. The van der Waals surface area contributed by atoms with E-state index in [1.165, 1.54) is 0 Å². The molecule has 0 aromatic heterocycles. The Morgan fingerprint density at radius 2 is 2.21 bits per heavy atom. The highest BCUT2D eigenvalue weighted by Gasteiger charge is 2.00. The van der Waals surface area contributed by atoms with Crippen LogP contribution in [-0.4, -0.2) is 13.2 Å². The molecule has 0 saturated carbocycles. The molecule has 0 aliphatic heterocycles. The maximum absolute atomic E-state index is 6.01. The van der Waals surface area contributed by atoms with E-state index in [2.05, 4.69) is 15.9 Å². The van der Waals surface area contributed by atoms with Crippen molar-refractivity contribution in [3.8, 4) is 0 Å². The Bertz CT molecular complexity index is 293. The summed E-state index contributed by atoms with van der Waals surface area (Å²) in [6, 6.07) is 5.77. The molecule has 0 saturated heterocycles. The van der Waals surface area contributed by atoms with E-state index in [1.807, 2.05) is 18.2 Å². The molecular weight excluding hydrogens is 265 g/mol. The van der Waals surface area contributed by atoms with Gasteiger partial charge in [-0.3, -0.25) is 0 Å². The van der Waals surface area contributed by atoms with Gasteiger partial charge in [0.1, 0.15) is 0 Å². The first-order valence-corrected chi connectivity index (χ1v) is 5.63. The Morgan fingerprint density at radius 1 is 1.43 bits per heavy atom. The van der Waals surface area contributed by atoms with E-state index >= 15 is 0 Å². The third kappa shape index (κ3) is 3.96. The van der Waals surface area contributed by atoms with Crippen LogP contribution in [0.25, 0.3) is 0 Å². The Kier molecular flexibility index (Phi) is 5.48. The van der Waals surface area contributed by atoms with Crippen molar-refractivity contribution >= 4 is 27.5 Å². The number of rotatable bonds is 5. The largest absolute Gasteiger partial charge is 0.377 e. The van der Waals surface area contributed by atoms with E-state index in [1.54, 1.807) is 0 Å². The fourth-order valence-corrected chi connectivity index (χ4v) is 1.73. The van der Waals surface area contributed by atoms with Crippen molar-refractivity contribution in [2.75, 3.05) is 13.2 Å². The minimum absolute atomic E-state index is 0.548. The normalized spacial score (nSPS) is 10.5. The SMILES string of the molecule is NCCCOCc1ccc(Br)cc1Cl. The maximum atomic E-state index is 6.01. The minimum Gasteiger partial charge on any atom is -0.377 e. The lowest BCUT2D eigenvalue weighted by Crippen LogP contribution is -2.04. The predicted octanol–water partition coefficient (Wildman–Crippen LogP) is 2.97. The molecular formula is C10H13BrClNO. The highest BCUT2D eigenvalue weighted by molar-refractivity contribution is 9.10. The van der Waals surface area contributed by atoms with Crippen LogP contribution in [0.1, 0.15) is 12.0 Å². The lowest BCUT2D eigenvalue weighted by Gasteiger charge is -2.05. The van der Waals surface area contributed by atoms with E-state index in [4.69, 9.17) is 22.1 Å². The molecule has 0 heterocycles. The van der Waals surface area contributed by atoms with E-state index < -0.39 is 0 Å². The summed E-state index contributed by atoms with van der Waals surface area (Å²) in [7, 11) is 0. The Labute approximate surface area is 97.5 Å². The van der Waals surface area contributed by atoms with Crippen molar-refractivity contribution in [2.24, 2.45) is 5.73 Å². The number of halogens is 2. The number of benzene rings is 1. The smallest absolute Gasteiger partial charge is 0.0731 e. The molecule has 2 N–H and O–H groups in total. The molecule has 0 atom stereocenters. The molecule has 1 rings (SSSR count). The van der Waals surface area contributed by atoms with Gasteiger partial charge in [-0.1, -0.05) is 33.6 Å². The predicted molar refractivity (Wildman–Crippen MR) is 62.5 cm³/mol. The van der Waals surface area contributed by atoms with Gasteiger partial charge in [-0.15, -0.1) is 0 Å². The van der Waals surface area contributed by atoms with Crippen LogP contribution < -0.4 is 5.73 Å². The van der Waals surface area contributed by atoms with Crippen LogP contribution in [0.5, 0.6) is 0 Å². The van der Waals surface area contributed by atoms with E-state index in [-0.39, 0.29) is 0 Å². The Hall–Kier alpha value is -0.0900. The molecule has 0 bridgehead atoms. The van der Waals surface area contributed by atoms with Crippen LogP contribution in [0, 0.1) is 0 Å². The van der Waals surface area contributed by atoms with E-state index in [0.717, 1.165) is 21.5 Å². The zero-order valence-electron chi connectivity index (χ0n) is 7.80. The van der Waals surface area contributed by atoms with Crippen LogP contribution >= 0.6 is 27.5 Å². The molecule has 1 aromatic rings. The zero-order chi connectivity index (χ0) is 10.4. The number of hydrogen-bond donors (Lipinski definition) is 1. The van der Waals surface area contributed by atoms with Crippen LogP contribution in [0.2, 0.25) is 5.02 Å². The summed E-state index contributed by atoms with van der Waals surface area (Å²) in [6.45, 7) is 1.89. The molecule has 0 radical (unpaired) electrons. The van der Waals surface area contributed by atoms with Gasteiger partial charge in [-0.2, -0.15) is 0 Å². The van der Waals surface area contributed by atoms with Crippen LogP contribution in [0.15, 0.2) is 22.7 Å². The fraction of sp³-hybridized carbons (Fsp3) is 0.400. The molecule has 14 heavy (non-hydrogen) atoms. The molecule has 2 nitrogen and oxygen atoms in total. The highest BCUT2D eigenvalue weighted by atomic mass is 79.9. The molecule has 0 fully saturated rings. The third-order valence-electron chi connectivity index (χ3n) is 1.77. The molecule has 4 heteroatoms. The molecule has 1 aromatic carbocycles. The summed E-state index contributed by atoms with van der Waals surface area (Å²) in [5.74, 6) is 0. The number of ether oxygens (including phenoxy) is 1. The average Bonchev–Trinajstić information content (AvgIpc) is 2.15. The summed E-state index contributed by atoms with van der Waals surface area (Å²) in [5.41, 5.74) is 6.35. The van der Waals surface area contributed by atoms with Gasteiger partial charge in [0.25, 0.3) is 0 Å². The summed E-state index contributed by atoms with van der Waals surface area (Å²) in [6.07, 6.45) is 0.883. The van der Waals surface area contributed by atoms with Crippen molar-refractivity contribution in [2.45, 2.75) is 13.0 Å². The average molecular weight is 279 g/mol. The van der Waals surface area contributed by atoms with Gasteiger partial charge in [0, 0.05) is 16.1 Å². The van der Waals surface area contributed by atoms with Crippen molar-refractivity contribution in [1.29, 1.82) is 0 Å². The first-order valence-electron chi connectivity index (χ1n) is 4.46. The lowest BCUT2D eigenvalue weighted by molar-refractivity contribution is 0.120. The number of nitrogens with two attached hydrogens (primary N) is 1. The van der Waals surface area contributed by atoms with Crippen molar-refractivity contribution in [1.82, 2.24) is 0 Å². The standard InChI is InChI=1S/C10H13BrClNO/c11-9-3-2-8(10(12)6-9)7-14-5-1-4-13/h2-3,6H,1,4-5,7,13H2. The van der Waals surface area contributed by atoms with Gasteiger partial charge < -0.3 is 10.5 Å². The van der Waals surface area contributed by atoms with Gasteiger partial charge in [-0.05, 0) is 30.7 Å². The summed E-state index contributed by atoms with van der Waals surface area (Å²) in [5, 5.41) is 0.729. The first-order chi connectivity index (χ1) is 6.74. The second-order valence-corrected chi connectivity index (χ2v) is 4.25. The Balaban J connectivity index is 2.42. The number of hydrogen-bond acceptors (Lipinski definition) is 2. The first kappa shape index (κ1) is 12.0. The highest BCUT2D eigenvalue weighted by Crippen LogP contribution is 2.21. The molecule has 0 spiro atoms. The molecule has 0 aliphatic carbocycles. The maximum Gasteiger partial charge on any atom is 0.0731 e. The van der Waals surface area contributed by atoms with Crippen molar-refractivity contribution in [3.63, 3.8) is 0 Å². The molecule has 0 aliphatic rings.